The van der Waals surface area contributed by atoms with E-state index >= 15 is 0 Å². The normalized spacial score (nSPS) is 11.9. The molecule has 0 saturated heterocycles. The lowest BCUT2D eigenvalue weighted by Crippen LogP contribution is -2.39. The van der Waals surface area contributed by atoms with Crippen LogP contribution in [0, 0.1) is 0 Å². The van der Waals surface area contributed by atoms with E-state index < -0.39 is 0 Å². The summed E-state index contributed by atoms with van der Waals surface area (Å²) in [6.45, 7) is 10.7. The van der Waals surface area contributed by atoms with Gasteiger partial charge in [0.05, 0.1) is 0 Å². The van der Waals surface area contributed by atoms with E-state index in [1.165, 1.54) is 5.56 Å². The third-order valence-electron chi connectivity index (χ3n) is 3.54. The van der Waals surface area contributed by atoms with Crippen LogP contribution in [-0.2, 0) is 6.54 Å². The highest BCUT2D eigenvalue weighted by molar-refractivity contribution is 5.43. The van der Waals surface area contributed by atoms with Crippen LogP contribution in [0.4, 0.5) is 5.82 Å². The minimum atomic E-state index is 0.222. The average Bonchev–Trinajstić information content (AvgIpc) is 2.32. The standard InChI is InChI=1S/C14H25N3/c1-6-14(3,4)17(5)11-12-9-8-10-16-13(12)15-7-2/h8-10H,6-7,11H2,1-5H3,(H,15,16). The summed E-state index contributed by atoms with van der Waals surface area (Å²) < 4.78 is 0. The fourth-order valence-electron chi connectivity index (χ4n) is 1.63. The first-order valence-corrected chi connectivity index (χ1v) is 6.40. The molecule has 0 fully saturated rings. The summed E-state index contributed by atoms with van der Waals surface area (Å²) in [5.74, 6) is 1.01. The molecule has 0 atom stereocenters. The van der Waals surface area contributed by atoms with Crippen molar-refractivity contribution in [3.63, 3.8) is 0 Å². The largest absolute Gasteiger partial charge is 0.370 e. The Balaban J connectivity index is 2.80. The predicted molar refractivity (Wildman–Crippen MR) is 74.2 cm³/mol. The van der Waals surface area contributed by atoms with Crippen LogP contribution in [0.3, 0.4) is 0 Å². The molecule has 1 aromatic rings. The lowest BCUT2D eigenvalue weighted by atomic mass is 9.99. The van der Waals surface area contributed by atoms with Gasteiger partial charge in [-0.25, -0.2) is 4.98 Å². The number of nitrogens with one attached hydrogen (secondary N) is 1. The van der Waals surface area contributed by atoms with Gasteiger partial charge in [-0.1, -0.05) is 13.0 Å². The number of hydrogen-bond acceptors (Lipinski definition) is 3. The molecule has 3 heteroatoms. The van der Waals surface area contributed by atoms with Crippen molar-refractivity contribution in [3.05, 3.63) is 23.9 Å². The number of rotatable bonds is 6. The van der Waals surface area contributed by atoms with Crippen LogP contribution in [0.2, 0.25) is 0 Å². The number of aromatic nitrogens is 1. The van der Waals surface area contributed by atoms with Crippen LogP contribution in [0.25, 0.3) is 0 Å². The van der Waals surface area contributed by atoms with Crippen molar-refractivity contribution >= 4 is 5.82 Å². The second kappa shape index (κ2) is 6.01. The van der Waals surface area contributed by atoms with Gasteiger partial charge in [0.2, 0.25) is 0 Å². The molecule has 17 heavy (non-hydrogen) atoms. The maximum absolute atomic E-state index is 4.39. The summed E-state index contributed by atoms with van der Waals surface area (Å²) in [6, 6.07) is 4.15. The van der Waals surface area contributed by atoms with E-state index in [2.05, 4.69) is 56.0 Å². The third-order valence-corrected chi connectivity index (χ3v) is 3.54. The third kappa shape index (κ3) is 3.70. The van der Waals surface area contributed by atoms with E-state index in [-0.39, 0.29) is 5.54 Å². The zero-order valence-electron chi connectivity index (χ0n) is 11.7. The Bertz CT molecular complexity index is 347. The molecule has 0 spiro atoms. The summed E-state index contributed by atoms with van der Waals surface area (Å²) in [7, 11) is 2.17. The molecule has 0 aromatic carbocycles. The molecule has 1 aromatic heterocycles. The summed E-state index contributed by atoms with van der Waals surface area (Å²) in [5.41, 5.74) is 1.48. The Morgan fingerprint density at radius 2 is 2.06 bits per heavy atom. The van der Waals surface area contributed by atoms with E-state index in [1.54, 1.807) is 0 Å². The molecule has 3 nitrogen and oxygen atoms in total. The van der Waals surface area contributed by atoms with Crippen LogP contribution in [0.15, 0.2) is 18.3 Å². The zero-order chi connectivity index (χ0) is 12.9. The quantitative estimate of drug-likeness (QED) is 0.821. The zero-order valence-corrected chi connectivity index (χ0v) is 11.7. The smallest absolute Gasteiger partial charge is 0.130 e. The summed E-state index contributed by atoms with van der Waals surface area (Å²) in [6.07, 6.45) is 2.98. The molecule has 0 bridgehead atoms. The van der Waals surface area contributed by atoms with E-state index in [1.807, 2.05) is 12.3 Å². The Morgan fingerprint density at radius 1 is 1.35 bits per heavy atom. The molecular weight excluding hydrogens is 210 g/mol. The van der Waals surface area contributed by atoms with Crippen molar-refractivity contribution in [2.75, 3.05) is 18.9 Å². The molecule has 0 aliphatic heterocycles. The van der Waals surface area contributed by atoms with Gasteiger partial charge < -0.3 is 5.32 Å². The fourth-order valence-corrected chi connectivity index (χ4v) is 1.63. The van der Waals surface area contributed by atoms with Crippen LogP contribution in [0.5, 0.6) is 0 Å². The summed E-state index contributed by atoms with van der Waals surface area (Å²) >= 11 is 0. The molecule has 0 aliphatic carbocycles. The molecule has 0 saturated carbocycles. The summed E-state index contributed by atoms with van der Waals surface area (Å²) in [4.78, 5) is 6.77. The maximum atomic E-state index is 4.39. The Kier molecular flexibility index (Phi) is 4.94. The van der Waals surface area contributed by atoms with Crippen LogP contribution in [-0.4, -0.2) is 29.0 Å². The van der Waals surface area contributed by atoms with Crippen LogP contribution < -0.4 is 5.32 Å². The minimum Gasteiger partial charge on any atom is -0.370 e. The van der Waals surface area contributed by atoms with Crippen molar-refractivity contribution in [1.82, 2.24) is 9.88 Å². The van der Waals surface area contributed by atoms with E-state index in [9.17, 15) is 0 Å². The second-order valence-corrected chi connectivity index (χ2v) is 5.06. The van der Waals surface area contributed by atoms with E-state index in [4.69, 9.17) is 0 Å². The molecule has 1 N–H and O–H groups in total. The topological polar surface area (TPSA) is 28.2 Å². The van der Waals surface area contributed by atoms with Gasteiger partial charge in [0.25, 0.3) is 0 Å². The molecular formula is C14H25N3. The van der Waals surface area contributed by atoms with Gasteiger partial charge in [0.15, 0.2) is 0 Å². The van der Waals surface area contributed by atoms with Crippen molar-refractivity contribution in [3.8, 4) is 0 Å². The van der Waals surface area contributed by atoms with Gasteiger partial charge in [-0.2, -0.15) is 0 Å². The van der Waals surface area contributed by atoms with E-state index in [0.29, 0.717) is 0 Å². The van der Waals surface area contributed by atoms with Gasteiger partial charge in [0, 0.05) is 30.4 Å². The first kappa shape index (κ1) is 14.0. The second-order valence-electron chi connectivity index (χ2n) is 5.06. The lowest BCUT2D eigenvalue weighted by molar-refractivity contribution is 0.143. The number of nitrogens with zero attached hydrogens (tertiary/aromatic N) is 2. The lowest BCUT2D eigenvalue weighted by Gasteiger charge is -2.35. The molecule has 1 heterocycles. The number of hydrogen-bond donors (Lipinski definition) is 1. The van der Waals surface area contributed by atoms with Crippen LogP contribution >= 0.6 is 0 Å². The molecule has 96 valence electrons. The van der Waals surface area contributed by atoms with Gasteiger partial charge >= 0.3 is 0 Å². The van der Waals surface area contributed by atoms with Gasteiger partial charge in [0.1, 0.15) is 5.82 Å². The Morgan fingerprint density at radius 3 is 2.65 bits per heavy atom. The van der Waals surface area contributed by atoms with Gasteiger partial charge in [-0.05, 0) is 40.3 Å². The fraction of sp³-hybridized carbons (Fsp3) is 0.643. The molecule has 0 amide bonds. The predicted octanol–water partition coefficient (Wildman–Crippen LogP) is 3.13. The van der Waals surface area contributed by atoms with Crippen molar-refractivity contribution in [2.24, 2.45) is 0 Å². The molecule has 0 radical (unpaired) electrons. The van der Waals surface area contributed by atoms with E-state index in [0.717, 1.165) is 25.3 Å². The minimum absolute atomic E-state index is 0.222. The SMILES string of the molecule is CCNc1ncccc1CN(C)C(C)(C)CC. The average molecular weight is 235 g/mol. The van der Waals surface area contributed by atoms with Crippen molar-refractivity contribution in [1.29, 1.82) is 0 Å². The highest BCUT2D eigenvalue weighted by Crippen LogP contribution is 2.21. The highest BCUT2D eigenvalue weighted by atomic mass is 15.2. The van der Waals surface area contributed by atoms with Crippen LogP contribution in [0.1, 0.15) is 39.7 Å². The molecule has 1 rings (SSSR count). The monoisotopic (exact) mass is 235 g/mol. The van der Waals surface area contributed by atoms with Gasteiger partial charge in [-0.15, -0.1) is 0 Å². The summed E-state index contributed by atoms with van der Waals surface area (Å²) in [5, 5.41) is 3.31. The maximum Gasteiger partial charge on any atom is 0.130 e. The highest BCUT2D eigenvalue weighted by Gasteiger charge is 2.21. The first-order valence-electron chi connectivity index (χ1n) is 6.40. The van der Waals surface area contributed by atoms with Crippen molar-refractivity contribution < 1.29 is 0 Å². The first-order chi connectivity index (χ1) is 8.01. The van der Waals surface area contributed by atoms with Gasteiger partial charge in [-0.3, -0.25) is 4.90 Å². The number of anilines is 1. The molecule has 0 unspecified atom stereocenters. The molecule has 0 aliphatic rings. The van der Waals surface area contributed by atoms with Crippen molar-refractivity contribution in [2.45, 2.75) is 46.2 Å². The Hall–Kier alpha value is -1.09. The number of pyridine rings is 1. The Labute approximate surface area is 105 Å².